The topological polar surface area (TPSA) is 20.2 Å². The van der Waals surface area contributed by atoms with Crippen LogP contribution in [0.1, 0.15) is 81.5 Å². The monoisotopic (exact) mass is 696 g/mol. The molecule has 2 nitrogen and oxygen atoms in total. The van der Waals surface area contributed by atoms with Gasteiger partial charge in [0.2, 0.25) is 0 Å². The van der Waals surface area contributed by atoms with Crippen LogP contribution in [0.15, 0.2) is 127 Å². The molecule has 7 aromatic rings. The molecule has 0 fully saturated rings. The minimum Gasteiger partial charge on any atom is -0.507 e. The summed E-state index contributed by atoms with van der Waals surface area (Å²) in [6.07, 6.45) is 0. The number of rotatable bonds is 9. The lowest BCUT2D eigenvalue weighted by Gasteiger charge is -2.29. The predicted octanol–water partition coefficient (Wildman–Crippen LogP) is 13.9. The molecule has 0 aliphatic heterocycles. The van der Waals surface area contributed by atoms with Crippen LogP contribution < -0.4 is 0 Å². The van der Waals surface area contributed by atoms with Gasteiger partial charge < -0.3 is 9.59 Å². The standard InChI is InChI=1S/C51H53NO/c1-32(2)40-29-43(33(3)4)48(44(30-40)34(5)6)37-25-23-36(24-26-37)46-28-39-20-14-16-22-42(39)50(51(46)53)49-41-21-15-13-19-38(41)27-45(35-17-11-10-12-18-35)47(49)31-52(7,8)9/h10-30,32-34H,31H2,1-9H3/p+1. The highest BCUT2D eigenvalue weighted by atomic mass is 16.3. The first-order valence-corrected chi connectivity index (χ1v) is 19.3. The Morgan fingerprint density at radius 1 is 0.472 bits per heavy atom. The van der Waals surface area contributed by atoms with Crippen molar-refractivity contribution >= 4 is 21.5 Å². The zero-order chi connectivity index (χ0) is 37.6. The molecular formula is C51H54NO+. The summed E-state index contributed by atoms with van der Waals surface area (Å²) in [5.41, 5.74) is 14.3. The minimum absolute atomic E-state index is 0.321. The molecule has 0 amide bonds. The summed E-state index contributed by atoms with van der Waals surface area (Å²) in [6.45, 7) is 14.6. The summed E-state index contributed by atoms with van der Waals surface area (Å²) in [5, 5.41) is 17.2. The molecule has 0 spiro atoms. The lowest BCUT2D eigenvalue weighted by atomic mass is 9.81. The molecule has 0 unspecified atom stereocenters. The molecule has 2 heteroatoms. The second kappa shape index (κ2) is 14.3. The van der Waals surface area contributed by atoms with Crippen LogP contribution in [0.2, 0.25) is 0 Å². The highest BCUT2D eigenvalue weighted by Crippen LogP contribution is 2.50. The summed E-state index contributed by atoms with van der Waals surface area (Å²) < 4.78 is 0.750. The van der Waals surface area contributed by atoms with Crippen LogP contribution in [0.5, 0.6) is 5.75 Å². The van der Waals surface area contributed by atoms with Crippen molar-refractivity contribution in [2.24, 2.45) is 0 Å². The van der Waals surface area contributed by atoms with E-state index in [4.69, 9.17) is 0 Å². The quantitative estimate of drug-likeness (QED) is 0.149. The molecule has 268 valence electrons. The molecule has 0 saturated heterocycles. The Hall–Kier alpha value is -5.18. The van der Waals surface area contributed by atoms with Gasteiger partial charge in [-0.25, -0.2) is 0 Å². The van der Waals surface area contributed by atoms with E-state index in [0.29, 0.717) is 23.5 Å². The van der Waals surface area contributed by atoms with Crippen LogP contribution in [-0.2, 0) is 6.54 Å². The fourth-order valence-corrected chi connectivity index (χ4v) is 8.11. The maximum atomic E-state index is 12.7. The van der Waals surface area contributed by atoms with Gasteiger partial charge in [0.15, 0.2) is 0 Å². The van der Waals surface area contributed by atoms with Crippen molar-refractivity contribution in [2.45, 2.75) is 65.8 Å². The normalized spacial score (nSPS) is 12.2. The van der Waals surface area contributed by atoms with Crippen molar-refractivity contribution in [3.8, 4) is 50.3 Å². The summed E-state index contributed by atoms with van der Waals surface area (Å²) >= 11 is 0. The highest BCUT2D eigenvalue weighted by Gasteiger charge is 2.26. The first-order valence-electron chi connectivity index (χ1n) is 19.3. The van der Waals surface area contributed by atoms with Crippen LogP contribution in [0.4, 0.5) is 0 Å². The van der Waals surface area contributed by atoms with Crippen LogP contribution in [-0.4, -0.2) is 30.7 Å². The first-order chi connectivity index (χ1) is 25.3. The van der Waals surface area contributed by atoms with Crippen molar-refractivity contribution < 1.29 is 9.59 Å². The molecule has 0 aromatic heterocycles. The Kier molecular flexibility index (Phi) is 9.79. The smallest absolute Gasteiger partial charge is 0.131 e. The second-order valence-corrected chi connectivity index (χ2v) is 16.8. The number of phenols is 1. The van der Waals surface area contributed by atoms with Crippen molar-refractivity contribution in [1.82, 2.24) is 0 Å². The van der Waals surface area contributed by atoms with E-state index in [2.05, 4.69) is 190 Å². The molecule has 0 aliphatic carbocycles. The highest BCUT2D eigenvalue weighted by molar-refractivity contribution is 6.13. The number of nitrogens with zero attached hydrogens (tertiary/aromatic N) is 1. The zero-order valence-electron chi connectivity index (χ0n) is 33.0. The van der Waals surface area contributed by atoms with Crippen molar-refractivity contribution in [3.05, 3.63) is 150 Å². The van der Waals surface area contributed by atoms with Gasteiger partial charge in [0.25, 0.3) is 0 Å². The fraction of sp³-hybridized carbons (Fsp3) is 0.255. The molecule has 0 saturated carbocycles. The molecule has 0 bridgehead atoms. The third kappa shape index (κ3) is 7.01. The van der Waals surface area contributed by atoms with Gasteiger partial charge >= 0.3 is 0 Å². The van der Waals surface area contributed by atoms with E-state index in [1.807, 2.05) is 0 Å². The van der Waals surface area contributed by atoms with Gasteiger partial charge in [-0.15, -0.1) is 0 Å². The second-order valence-electron chi connectivity index (χ2n) is 16.8. The van der Waals surface area contributed by atoms with E-state index < -0.39 is 0 Å². The third-order valence-corrected chi connectivity index (χ3v) is 10.8. The number of hydrogen-bond acceptors (Lipinski definition) is 1. The van der Waals surface area contributed by atoms with E-state index in [0.717, 1.165) is 54.8 Å². The van der Waals surface area contributed by atoms with Crippen molar-refractivity contribution in [1.29, 1.82) is 0 Å². The van der Waals surface area contributed by atoms with E-state index in [-0.39, 0.29) is 0 Å². The number of benzene rings is 7. The summed E-state index contributed by atoms with van der Waals surface area (Å²) in [5.74, 6) is 1.59. The maximum absolute atomic E-state index is 12.7. The molecule has 0 atom stereocenters. The molecular weight excluding hydrogens is 643 g/mol. The minimum atomic E-state index is 0.321. The molecule has 0 heterocycles. The predicted molar refractivity (Wildman–Crippen MR) is 229 cm³/mol. The van der Waals surface area contributed by atoms with Gasteiger partial charge in [0, 0.05) is 22.3 Å². The molecule has 0 radical (unpaired) electrons. The molecule has 7 rings (SSSR count). The Bertz CT molecular complexity index is 2400. The number of aromatic hydroxyl groups is 1. The van der Waals surface area contributed by atoms with Gasteiger partial charge in [-0.2, -0.15) is 0 Å². The Balaban J connectivity index is 1.50. The van der Waals surface area contributed by atoms with E-state index in [1.54, 1.807) is 0 Å². The molecule has 1 N–H and O–H groups in total. The van der Waals surface area contributed by atoms with Gasteiger partial charge in [0.1, 0.15) is 12.3 Å². The average Bonchev–Trinajstić information content (AvgIpc) is 3.14. The van der Waals surface area contributed by atoms with Gasteiger partial charge in [-0.3, -0.25) is 0 Å². The molecule has 0 aliphatic rings. The Morgan fingerprint density at radius 2 is 0.943 bits per heavy atom. The van der Waals surface area contributed by atoms with Crippen LogP contribution in [0.3, 0.4) is 0 Å². The van der Waals surface area contributed by atoms with Gasteiger partial charge in [-0.1, -0.05) is 157 Å². The number of hydrogen-bond donors (Lipinski definition) is 1. The molecule has 7 aromatic carbocycles. The summed E-state index contributed by atoms with van der Waals surface area (Å²) in [4.78, 5) is 0. The first kappa shape index (κ1) is 36.2. The lowest BCUT2D eigenvalue weighted by molar-refractivity contribution is -0.883. The van der Waals surface area contributed by atoms with Gasteiger partial charge in [0.05, 0.1) is 21.1 Å². The summed E-state index contributed by atoms with van der Waals surface area (Å²) in [7, 11) is 6.74. The van der Waals surface area contributed by atoms with Crippen molar-refractivity contribution in [3.63, 3.8) is 0 Å². The van der Waals surface area contributed by atoms with Crippen LogP contribution in [0.25, 0.3) is 66.1 Å². The van der Waals surface area contributed by atoms with Crippen molar-refractivity contribution in [2.75, 3.05) is 21.1 Å². The SMILES string of the molecule is CC(C)c1cc(C(C)C)c(-c2ccc(-c3cc4ccccc4c(-c4c(C[N+](C)(C)C)c(-c5ccccc5)cc5ccccc45)c3O)cc2)c(C(C)C)c1. The van der Waals surface area contributed by atoms with E-state index in [1.165, 1.54) is 44.5 Å². The maximum Gasteiger partial charge on any atom is 0.131 e. The Morgan fingerprint density at radius 3 is 1.47 bits per heavy atom. The van der Waals surface area contributed by atoms with Gasteiger partial charge in [-0.05, 0) is 95.9 Å². The fourth-order valence-electron chi connectivity index (χ4n) is 8.11. The Labute approximate surface area is 317 Å². The largest absolute Gasteiger partial charge is 0.507 e. The summed E-state index contributed by atoms with van der Waals surface area (Å²) in [6, 6.07) is 46.2. The lowest BCUT2D eigenvalue weighted by Crippen LogP contribution is -2.33. The number of quaternary nitrogens is 1. The zero-order valence-corrected chi connectivity index (χ0v) is 33.0. The average molecular weight is 697 g/mol. The number of phenolic OH excluding ortho intramolecular Hbond substituents is 1. The van der Waals surface area contributed by atoms with Crippen LogP contribution >= 0.6 is 0 Å². The van der Waals surface area contributed by atoms with E-state index >= 15 is 0 Å². The van der Waals surface area contributed by atoms with E-state index in [9.17, 15) is 5.11 Å². The number of fused-ring (bicyclic) bond motifs is 2. The molecule has 53 heavy (non-hydrogen) atoms. The van der Waals surface area contributed by atoms with Crippen LogP contribution in [0, 0.1) is 0 Å². The third-order valence-electron chi connectivity index (χ3n) is 10.8.